The van der Waals surface area contributed by atoms with E-state index in [4.69, 9.17) is 4.74 Å². The minimum Gasteiger partial charge on any atom is -0.424 e. The van der Waals surface area contributed by atoms with Gasteiger partial charge >= 0.3 is 6.01 Å². The molecule has 0 radical (unpaired) electrons. The van der Waals surface area contributed by atoms with E-state index >= 15 is 0 Å². The summed E-state index contributed by atoms with van der Waals surface area (Å²) in [5.74, 6) is 0.755. The highest BCUT2D eigenvalue weighted by atomic mass is 16.5. The molecular weight excluding hydrogens is 264 g/mol. The van der Waals surface area contributed by atoms with E-state index in [1.807, 2.05) is 13.1 Å². The fourth-order valence-electron chi connectivity index (χ4n) is 2.42. The third-order valence-electron chi connectivity index (χ3n) is 3.44. The maximum Gasteiger partial charge on any atom is 0.321 e. The Morgan fingerprint density at radius 2 is 2.05 bits per heavy atom. The van der Waals surface area contributed by atoms with E-state index < -0.39 is 0 Å². The van der Waals surface area contributed by atoms with Gasteiger partial charge in [-0.05, 0) is 49.8 Å². The molecule has 3 aromatic rings. The van der Waals surface area contributed by atoms with Gasteiger partial charge in [0, 0.05) is 36.5 Å². The van der Waals surface area contributed by atoms with Crippen LogP contribution in [-0.2, 0) is 13.5 Å². The van der Waals surface area contributed by atoms with Gasteiger partial charge in [0.05, 0.1) is 0 Å². The molecule has 0 amide bonds. The zero-order chi connectivity index (χ0) is 14.7. The lowest BCUT2D eigenvalue weighted by molar-refractivity contribution is 0.442. The van der Waals surface area contributed by atoms with Crippen molar-refractivity contribution < 1.29 is 4.74 Å². The van der Waals surface area contributed by atoms with Crippen molar-refractivity contribution >= 4 is 10.9 Å². The molecule has 21 heavy (non-hydrogen) atoms. The summed E-state index contributed by atoms with van der Waals surface area (Å²) in [5, 5.41) is 4.39. The number of nitrogens with one attached hydrogen (secondary N) is 1. The summed E-state index contributed by atoms with van der Waals surface area (Å²) in [4.78, 5) is 8.17. The summed E-state index contributed by atoms with van der Waals surface area (Å²) >= 11 is 0. The van der Waals surface area contributed by atoms with Gasteiger partial charge in [-0.15, -0.1) is 0 Å². The Labute approximate surface area is 123 Å². The van der Waals surface area contributed by atoms with Crippen molar-refractivity contribution in [2.45, 2.75) is 6.42 Å². The van der Waals surface area contributed by atoms with Crippen LogP contribution in [0, 0.1) is 0 Å². The van der Waals surface area contributed by atoms with Crippen molar-refractivity contribution in [3.05, 3.63) is 48.4 Å². The molecule has 5 nitrogen and oxygen atoms in total. The van der Waals surface area contributed by atoms with Crippen LogP contribution >= 0.6 is 0 Å². The van der Waals surface area contributed by atoms with Crippen molar-refractivity contribution in [1.82, 2.24) is 19.9 Å². The van der Waals surface area contributed by atoms with E-state index in [0.29, 0.717) is 6.01 Å². The van der Waals surface area contributed by atoms with Crippen LogP contribution in [0.5, 0.6) is 11.8 Å². The van der Waals surface area contributed by atoms with Gasteiger partial charge in [0.25, 0.3) is 0 Å². The summed E-state index contributed by atoms with van der Waals surface area (Å²) < 4.78 is 7.85. The Morgan fingerprint density at radius 1 is 1.24 bits per heavy atom. The number of aromatic nitrogens is 3. The SMILES string of the molecule is CNCCc1cn(C)c2ccc(Oc3ncccn3)cc12. The molecule has 108 valence electrons. The highest BCUT2D eigenvalue weighted by molar-refractivity contribution is 5.85. The fraction of sp³-hybridized carbons (Fsp3) is 0.250. The maximum absolute atomic E-state index is 5.71. The Balaban J connectivity index is 1.94. The van der Waals surface area contributed by atoms with Crippen LogP contribution in [-0.4, -0.2) is 28.1 Å². The molecule has 2 aromatic heterocycles. The summed E-state index contributed by atoms with van der Waals surface area (Å²) in [6.07, 6.45) is 6.49. The summed E-state index contributed by atoms with van der Waals surface area (Å²) in [7, 11) is 4.03. The largest absolute Gasteiger partial charge is 0.424 e. The normalized spacial score (nSPS) is 11.0. The molecule has 0 unspecified atom stereocenters. The zero-order valence-corrected chi connectivity index (χ0v) is 12.2. The summed E-state index contributed by atoms with van der Waals surface area (Å²) in [6, 6.07) is 8.20. The van der Waals surface area contributed by atoms with E-state index in [-0.39, 0.29) is 0 Å². The van der Waals surface area contributed by atoms with Crippen molar-refractivity contribution in [3.8, 4) is 11.8 Å². The Kier molecular flexibility index (Phi) is 3.83. The lowest BCUT2D eigenvalue weighted by Gasteiger charge is -2.04. The number of rotatable bonds is 5. The second-order valence-electron chi connectivity index (χ2n) is 4.93. The number of likely N-dealkylation sites (N-methyl/N-ethyl adjacent to an activating group) is 1. The summed E-state index contributed by atoms with van der Waals surface area (Å²) in [5.41, 5.74) is 2.50. The van der Waals surface area contributed by atoms with Gasteiger partial charge in [-0.25, -0.2) is 9.97 Å². The van der Waals surface area contributed by atoms with E-state index in [1.165, 1.54) is 16.5 Å². The number of fused-ring (bicyclic) bond motifs is 1. The van der Waals surface area contributed by atoms with Gasteiger partial charge in [0.2, 0.25) is 0 Å². The van der Waals surface area contributed by atoms with Gasteiger partial charge in [0.1, 0.15) is 5.75 Å². The number of ether oxygens (including phenoxy) is 1. The van der Waals surface area contributed by atoms with Crippen LogP contribution in [0.25, 0.3) is 10.9 Å². The Bertz CT molecular complexity index is 737. The molecule has 1 N–H and O–H groups in total. The first-order valence-corrected chi connectivity index (χ1v) is 6.95. The van der Waals surface area contributed by atoms with Crippen LogP contribution in [0.4, 0.5) is 0 Å². The highest BCUT2D eigenvalue weighted by Crippen LogP contribution is 2.27. The first-order valence-electron chi connectivity index (χ1n) is 6.95. The standard InChI is InChI=1S/C16H18N4O/c1-17-9-6-12-11-20(2)15-5-4-13(10-14(12)15)21-16-18-7-3-8-19-16/h3-5,7-8,10-11,17H,6,9H2,1-2H3. The van der Waals surface area contributed by atoms with Crippen LogP contribution in [0.3, 0.4) is 0 Å². The molecule has 0 aliphatic carbocycles. The third kappa shape index (κ3) is 2.87. The molecule has 2 heterocycles. The molecule has 3 rings (SSSR count). The smallest absolute Gasteiger partial charge is 0.321 e. The number of aryl methyl sites for hydroxylation is 1. The molecule has 1 aromatic carbocycles. The average Bonchev–Trinajstić information content (AvgIpc) is 2.82. The number of nitrogens with zero attached hydrogens (tertiary/aromatic N) is 3. The Morgan fingerprint density at radius 3 is 2.81 bits per heavy atom. The predicted octanol–water partition coefficient (Wildman–Crippen LogP) is 2.52. The lowest BCUT2D eigenvalue weighted by atomic mass is 10.1. The first-order chi connectivity index (χ1) is 10.3. The van der Waals surface area contributed by atoms with Crippen molar-refractivity contribution in [2.75, 3.05) is 13.6 Å². The molecular formula is C16H18N4O. The van der Waals surface area contributed by atoms with Gasteiger partial charge in [-0.3, -0.25) is 0 Å². The molecule has 0 aliphatic rings. The average molecular weight is 282 g/mol. The van der Waals surface area contributed by atoms with Gasteiger partial charge in [-0.1, -0.05) is 0 Å². The summed E-state index contributed by atoms with van der Waals surface area (Å²) in [6.45, 7) is 0.950. The van der Waals surface area contributed by atoms with Crippen LogP contribution in [0.1, 0.15) is 5.56 Å². The first kappa shape index (κ1) is 13.6. The molecule has 0 saturated carbocycles. The minimum atomic E-state index is 0.365. The predicted molar refractivity (Wildman–Crippen MR) is 82.7 cm³/mol. The van der Waals surface area contributed by atoms with Crippen LogP contribution in [0.15, 0.2) is 42.9 Å². The van der Waals surface area contributed by atoms with Crippen molar-refractivity contribution in [1.29, 1.82) is 0 Å². The van der Waals surface area contributed by atoms with E-state index in [2.05, 4.69) is 45.2 Å². The molecule has 5 heteroatoms. The maximum atomic E-state index is 5.71. The molecule has 0 bridgehead atoms. The molecule has 0 spiro atoms. The second kappa shape index (κ2) is 5.93. The van der Waals surface area contributed by atoms with Crippen LogP contribution in [0.2, 0.25) is 0 Å². The van der Waals surface area contributed by atoms with Gasteiger partial charge in [0.15, 0.2) is 0 Å². The lowest BCUT2D eigenvalue weighted by Crippen LogP contribution is -2.09. The minimum absolute atomic E-state index is 0.365. The third-order valence-corrected chi connectivity index (χ3v) is 3.44. The second-order valence-corrected chi connectivity index (χ2v) is 4.93. The fourth-order valence-corrected chi connectivity index (χ4v) is 2.42. The molecule has 0 aliphatic heterocycles. The number of benzene rings is 1. The highest BCUT2D eigenvalue weighted by Gasteiger charge is 2.08. The monoisotopic (exact) mass is 282 g/mol. The number of hydrogen-bond acceptors (Lipinski definition) is 4. The zero-order valence-electron chi connectivity index (χ0n) is 12.2. The quantitative estimate of drug-likeness (QED) is 0.781. The van der Waals surface area contributed by atoms with E-state index in [0.717, 1.165) is 18.7 Å². The molecule has 0 saturated heterocycles. The van der Waals surface area contributed by atoms with Crippen LogP contribution < -0.4 is 10.1 Å². The Hall–Kier alpha value is -2.40. The van der Waals surface area contributed by atoms with E-state index in [9.17, 15) is 0 Å². The van der Waals surface area contributed by atoms with Gasteiger partial charge in [-0.2, -0.15) is 0 Å². The number of hydrogen-bond donors (Lipinski definition) is 1. The van der Waals surface area contributed by atoms with Gasteiger partial charge < -0.3 is 14.6 Å². The van der Waals surface area contributed by atoms with E-state index in [1.54, 1.807) is 18.5 Å². The molecule has 0 fully saturated rings. The van der Waals surface area contributed by atoms with Crippen molar-refractivity contribution in [3.63, 3.8) is 0 Å². The topological polar surface area (TPSA) is 52.0 Å². The van der Waals surface area contributed by atoms with Crippen molar-refractivity contribution in [2.24, 2.45) is 7.05 Å². The molecule has 0 atom stereocenters.